The highest BCUT2D eigenvalue weighted by Crippen LogP contribution is 2.30. The average Bonchev–Trinajstić information content (AvgIpc) is 3.72. The van der Waals surface area contributed by atoms with E-state index in [2.05, 4.69) is 41.0 Å². The normalized spacial score (nSPS) is 13.8. The number of ketones is 1. The van der Waals surface area contributed by atoms with E-state index in [9.17, 15) is 4.79 Å². The molecule has 1 saturated heterocycles. The number of halogens is 1. The number of imidazole rings is 1. The summed E-state index contributed by atoms with van der Waals surface area (Å²) in [7, 11) is 0. The molecule has 1 aliphatic heterocycles. The third-order valence-corrected chi connectivity index (χ3v) is 7.16. The first-order valence-corrected chi connectivity index (χ1v) is 13.5. The summed E-state index contributed by atoms with van der Waals surface area (Å²) in [5.74, 6) is 0.348. The fourth-order valence-electron chi connectivity index (χ4n) is 4.88. The lowest BCUT2D eigenvalue weighted by atomic mass is 9.97. The van der Waals surface area contributed by atoms with Crippen molar-refractivity contribution in [2.45, 2.75) is 51.9 Å². The minimum atomic E-state index is -0.391. The molecular formula is C30H30FN7O2. The number of aryl methyl sites for hydroxylation is 1. The number of hydrogen-bond donors (Lipinski definition) is 1. The van der Waals surface area contributed by atoms with Gasteiger partial charge in [0.05, 0.1) is 17.4 Å². The molecule has 1 N–H and O–H groups in total. The third kappa shape index (κ3) is 5.09. The Bertz CT molecular complexity index is 1680. The molecular weight excluding hydrogens is 509 g/mol. The van der Waals surface area contributed by atoms with E-state index in [1.54, 1.807) is 12.3 Å². The summed E-state index contributed by atoms with van der Waals surface area (Å²) >= 11 is 0. The smallest absolute Gasteiger partial charge is 0.238 e. The quantitative estimate of drug-likeness (QED) is 0.254. The molecule has 0 amide bonds. The van der Waals surface area contributed by atoms with Crippen molar-refractivity contribution in [2.24, 2.45) is 0 Å². The summed E-state index contributed by atoms with van der Waals surface area (Å²) in [6.45, 7) is 7.89. The van der Waals surface area contributed by atoms with Crippen molar-refractivity contribution in [1.29, 1.82) is 0 Å². The fourth-order valence-corrected chi connectivity index (χ4v) is 4.88. The van der Waals surface area contributed by atoms with Gasteiger partial charge < -0.3 is 14.4 Å². The number of aromatic nitrogens is 6. The number of rotatable bonds is 7. The molecule has 1 fully saturated rings. The minimum absolute atomic E-state index is 0.0244. The van der Waals surface area contributed by atoms with Gasteiger partial charge >= 0.3 is 0 Å². The topological polar surface area (TPSA) is 114 Å². The van der Waals surface area contributed by atoms with Crippen LogP contribution >= 0.6 is 0 Å². The van der Waals surface area contributed by atoms with Gasteiger partial charge in [-0.3, -0.25) is 9.78 Å². The largest absolute Gasteiger partial charge is 0.370 e. The molecule has 0 spiro atoms. The van der Waals surface area contributed by atoms with Crippen LogP contribution in [0.5, 0.6) is 0 Å². The molecule has 5 heterocycles. The molecule has 0 radical (unpaired) electrons. The zero-order valence-corrected chi connectivity index (χ0v) is 22.7. The summed E-state index contributed by atoms with van der Waals surface area (Å²) in [6, 6.07) is 10.9. The molecule has 40 heavy (non-hydrogen) atoms. The van der Waals surface area contributed by atoms with E-state index < -0.39 is 5.82 Å². The van der Waals surface area contributed by atoms with E-state index >= 15 is 4.39 Å². The number of nitrogens with zero attached hydrogens (tertiary/aromatic N) is 6. The summed E-state index contributed by atoms with van der Waals surface area (Å²) in [6.07, 6.45) is 6.25. The second-order valence-corrected chi connectivity index (χ2v) is 11.1. The van der Waals surface area contributed by atoms with E-state index in [4.69, 9.17) is 4.52 Å². The Balaban J connectivity index is 1.20. The number of H-pyrrole nitrogens is 1. The van der Waals surface area contributed by atoms with Crippen molar-refractivity contribution in [3.8, 4) is 22.6 Å². The van der Waals surface area contributed by atoms with Crippen LogP contribution in [0.3, 0.4) is 0 Å². The maximum Gasteiger partial charge on any atom is 0.238 e. The predicted molar refractivity (Wildman–Crippen MR) is 150 cm³/mol. The highest BCUT2D eigenvalue weighted by Gasteiger charge is 2.24. The van der Waals surface area contributed by atoms with Crippen LogP contribution in [0, 0.1) is 5.82 Å². The van der Waals surface area contributed by atoms with Crippen molar-refractivity contribution in [2.75, 3.05) is 18.0 Å². The number of nitrogens with one attached hydrogen (secondary N) is 1. The Morgan fingerprint density at radius 3 is 2.60 bits per heavy atom. The molecule has 10 heteroatoms. The van der Waals surface area contributed by atoms with Gasteiger partial charge in [0.15, 0.2) is 11.5 Å². The molecule has 9 nitrogen and oxygen atoms in total. The fraction of sp³-hybridized carbons (Fsp3) is 0.333. The number of fused-ring (bicyclic) bond motifs is 1. The molecule has 4 aromatic heterocycles. The number of Topliss-reactive ketones (excluding diaryl/α,β-unsaturated/α-hetero) is 1. The van der Waals surface area contributed by atoms with Crippen molar-refractivity contribution in [3.05, 3.63) is 71.9 Å². The van der Waals surface area contributed by atoms with Gasteiger partial charge in [0.2, 0.25) is 17.5 Å². The Hall–Kier alpha value is -4.47. The molecule has 1 aromatic carbocycles. The highest BCUT2D eigenvalue weighted by atomic mass is 19.1. The molecule has 6 rings (SSSR count). The number of hydrogen-bond acceptors (Lipinski definition) is 8. The zero-order valence-electron chi connectivity index (χ0n) is 22.7. The molecule has 0 aliphatic carbocycles. The van der Waals surface area contributed by atoms with E-state index in [1.165, 1.54) is 18.9 Å². The van der Waals surface area contributed by atoms with Gasteiger partial charge in [0.1, 0.15) is 11.5 Å². The van der Waals surface area contributed by atoms with Gasteiger partial charge in [-0.2, -0.15) is 4.98 Å². The van der Waals surface area contributed by atoms with Gasteiger partial charge in [-0.05, 0) is 54.7 Å². The van der Waals surface area contributed by atoms with Crippen molar-refractivity contribution in [1.82, 2.24) is 30.1 Å². The Kier molecular flexibility index (Phi) is 6.61. The summed E-state index contributed by atoms with van der Waals surface area (Å²) < 4.78 is 20.4. The van der Waals surface area contributed by atoms with Crippen LogP contribution in [0.1, 0.15) is 62.1 Å². The van der Waals surface area contributed by atoms with E-state index in [-0.39, 0.29) is 29.9 Å². The SMILES string of the molecule is CC(C)(C)c1nc(C(=O)CCc2ccc(-c3ccnc4nc(-c5ccc(N6CCCC6)cn5)[nH]c34)cc2F)no1. The first kappa shape index (κ1) is 25.8. The van der Waals surface area contributed by atoms with Crippen LogP contribution in [0.2, 0.25) is 0 Å². The number of pyridine rings is 2. The van der Waals surface area contributed by atoms with Crippen molar-refractivity contribution < 1.29 is 13.7 Å². The Morgan fingerprint density at radius 1 is 1.07 bits per heavy atom. The van der Waals surface area contributed by atoms with Crippen LogP contribution < -0.4 is 4.90 Å². The lowest BCUT2D eigenvalue weighted by Crippen LogP contribution is -2.17. The number of anilines is 1. The monoisotopic (exact) mass is 539 g/mol. The van der Waals surface area contributed by atoms with Crippen molar-refractivity contribution in [3.63, 3.8) is 0 Å². The van der Waals surface area contributed by atoms with Gasteiger partial charge in [0.25, 0.3) is 0 Å². The third-order valence-electron chi connectivity index (χ3n) is 7.16. The summed E-state index contributed by atoms with van der Waals surface area (Å²) in [5.41, 5.74) is 4.61. The number of benzene rings is 1. The average molecular weight is 540 g/mol. The standard InChI is InChI=1S/C30H30FN7O2/c1-30(2,3)29-36-27(37-40-29)24(39)11-8-18-6-7-19(16-22(18)31)21-12-13-32-28-25(21)34-26(35-28)23-10-9-20(17-33-23)38-14-4-5-15-38/h6-7,9-10,12-13,16-17H,4-5,8,11,14-15H2,1-3H3,(H,32,34,35). The molecule has 0 bridgehead atoms. The van der Waals surface area contributed by atoms with Crippen LogP contribution in [0.25, 0.3) is 33.8 Å². The maximum absolute atomic E-state index is 15.2. The molecule has 0 unspecified atom stereocenters. The molecule has 1 aliphatic rings. The Labute approximate surface area is 230 Å². The minimum Gasteiger partial charge on any atom is -0.370 e. The second kappa shape index (κ2) is 10.3. The van der Waals surface area contributed by atoms with Gasteiger partial charge in [-0.1, -0.05) is 38.1 Å². The van der Waals surface area contributed by atoms with Crippen LogP contribution in [-0.2, 0) is 11.8 Å². The van der Waals surface area contributed by atoms with Crippen molar-refractivity contribution >= 4 is 22.6 Å². The molecule has 0 saturated carbocycles. The first-order valence-electron chi connectivity index (χ1n) is 13.5. The van der Waals surface area contributed by atoms with Crippen LogP contribution in [0.15, 0.2) is 53.3 Å². The first-order chi connectivity index (χ1) is 19.3. The zero-order chi connectivity index (χ0) is 27.9. The highest BCUT2D eigenvalue weighted by molar-refractivity contribution is 5.93. The van der Waals surface area contributed by atoms with Gasteiger partial charge in [0, 0.05) is 36.7 Å². The lowest BCUT2D eigenvalue weighted by molar-refractivity contribution is 0.0969. The Morgan fingerprint density at radius 2 is 1.90 bits per heavy atom. The van der Waals surface area contributed by atoms with E-state index in [0.29, 0.717) is 39.7 Å². The second-order valence-electron chi connectivity index (χ2n) is 11.1. The maximum atomic E-state index is 15.2. The van der Waals surface area contributed by atoms with Gasteiger partial charge in [-0.25, -0.2) is 14.4 Å². The number of carbonyl (C=O) groups excluding carboxylic acids is 1. The summed E-state index contributed by atoms with van der Waals surface area (Å²) in [5, 5.41) is 3.79. The molecule has 204 valence electrons. The molecule has 5 aromatic rings. The van der Waals surface area contributed by atoms with Crippen LogP contribution in [0.4, 0.5) is 10.1 Å². The van der Waals surface area contributed by atoms with Gasteiger partial charge in [-0.15, -0.1) is 0 Å². The summed E-state index contributed by atoms with van der Waals surface area (Å²) in [4.78, 5) is 36.1. The molecule has 0 atom stereocenters. The predicted octanol–water partition coefficient (Wildman–Crippen LogP) is 5.92. The van der Waals surface area contributed by atoms with Crippen LogP contribution in [-0.4, -0.2) is 48.9 Å². The van der Waals surface area contributed by atoms with E-state index in [1.807, 2.05) is 45.2 Å². The number of aromatic amines is 1. The lowest BCUT2D eigenvalue weighted by Gasteiger charge is -2.16. The number of carbonyl (C=O) groups is 1. The van der Waals surface area contributed by atoms with E-state index in [0.717, 1.165) is 24.3 Å².